The summed E-state index contributed by atoms with van der Waals surface area (Å²) in [5.74, 6) is -2.84. The molecule has 30 nitrogen and oxygen atoms in total. The zero-order chi connectivity index (χ0) is 59.7. The third kappa shape index (κ3) is 14.1. The van der Waals surface area contributed by atoms with E-state index in [0.717, 1.165) is 5.69 Å². The third-order valence-corrected chi connectivity index (χ3v) is 16.6. The number of imidazole rings is 2. The highest BCUT2D eigenvalue weighted by atomic mass is 31.2. The Morgan fingerprint density at radius 2 is 1.21 bits per heavy atom. The van der Waals surface area contributed by atoms with Gasteiger partial charge in [0.15, 0.2) is 0 Å². The van der Waals surface area contributed by atoms with Gasteiger partial charge in [0, 0.05) is 69.9 Å². The molecule has 2 aromatic carbocycles. The van der Waals surface area contributed by atoms with Crippen LogP contribution in [0.5, 0.6) is 11.5 Å². The third-order valence-electron chi connectivity index (χ3n) is 12.7. The van der Waals surface area contributed by atoms with E-state index in [1.807, 2.05) is 26.1 Å². The minimum absolute atomic E-state index is 0.00342. The van der Waals surface area contributed by atoms with E-state index in [-0.39, 0.29) is 103 Å². The summed E-state index contributed by atoms with van der Waals surface area (Å²) < 4.78 is 44.0. The van der Waals surface area contributed by atoms with Gasteiger partial charge in [0.2, 0.25) is 29.6 Å². The lowest BCUT2D eigenvalue weighted by molar-refractivity contribution is -0.121. The second kappa shape index (κ2) is 26.0. The van der Waals surface area contributed by atoms with Crippen LogP contribution in [-0.4, -0.2) is 135 Å². The number of aliphatic hydroxyl groups is 1. The van der Waals surface area contributed by atoms with Crippen LogP contribution >= 0.6 is 15.2 Å². The molecule has 0 atom stereocenters. The first-order valence-corrected chi connectivity index (χ1v) is 28.8. The van der Waals surface area contributed by atoms with Gasteiger partial charge in [-0.25, -0.2) is 9.97 Å². The number of primary amides is 2. The molecule has 5 amide bonds. The van der Waals surface area contributed by atoms with E-state index in [1.165, 1.54) is 28.9 Å². The normalized spacial score (nSPS) is 12.2. The Morgan fingerprint density at radius 1 is 0.707 bits per heavy atom. The minimum Gasteiger partial charge on any atom is -0.491 e. The maximum Gasteiger partial charge on any atom is 0.369 e. The number of aromatic nitrogens is 10. The first kappa shape index (κ1) is 61.1. The van der Waals surface area contributed by atoms with E-state index in [2.05, 4.69) is 36.6 Å². The van der Waals surface area contributed by atoms with Gasteiger partial charge in [-0.15, -0.1) is 0 Å². The van der Waals surface area contributed by atoms with E-state index >= 15 is 0 Å². The number of amides is 5. The molecule has 0 aliphatic carbocycles. The molecule has 0 bridgehead atoms. The van der Waals surface area contributed by atoms with Crippen molar-refractivity contribution < 1.29 is 67.3 Å². The van der Waals surface area contributed by atoms with Gasteiger partial charge in [0.05, 0.1) is 47.5 Å². The predicted octanol–water partition coefficient (Wildman–Crippen LogP) is 3.32. The Hall–Kier alpha value is -8.50. The number of aryl methyl sites for hydroxylation is 4. The molecule has 7 aromatic rings. The molecule has 0 saturated carbocycles. The molecule has 0 aliphatic heterocycles. The molecule has 0 fully saturated rings. The lowest BCUT2D eigenvalue weighted by Gasteiger charge is -2.29. The maximum atomic E-state index is 14.0. The first-order valence-electron chi connectivity index (χ1n) is 25.6. The van der Waals surface area contributed by atoms with Crippen molar-refractivity contribution in [1.29, 1.82) is 0 Å². The molecule has 0 spiro atoms. The van der Waals surface area contributed by atoms with Crippen molar-refractivity contribution in [2.75, 3.05) is 42.8 Å². The van der Waals surface area contributed by atoms with Crippen LogP contribution in [0.25, 0.3) is 22.1 Å². The standard InChI is InChI=1S/C50H64N16O14P2/c1-6-65-37(22-30(3)60-65)46(70)58-48-56-35-24-32(44(51)68)26-39(79-20-11-10-17-62-29-34(53-5)28-55-62)42(35)63(48)18-8-9-19-64-43-36(57-49(64)59-47(71)38-23-31(4)61-66(38)7-2)25-33(45(52)69)27-40(43)80-21-12-14-41(67)54-16-13-15-50(72,81(73,74)75)82(76,77)78/h8-11,22-29,53,72H,6-7,12-21H2,1-5H3,(H2,51,68)(H2,52,69)(H,54,67)(H,56,58,70)(H,57,59,71)(H2,73,74,75)(H2,76,77,78)/b9-8+,11-10+. The lowest BCUT2D eigenvalue weighted by Crippen LogP contribution is -2.31. The van der Waals surface area contributed by atoms with Crippen LogP contribution in [-0.2, 0) is 46.6 Å². The molecule has 5 aromatic heterocycles. The summed E-state index contributed by atoms with van der Waals surface area (Å²) in [6, 6.07) is 9.01. The van der Waals surface area contributed by atoms with Gasteiger partial charge < -0.3 is 65.4 Å². The van der Waals surface area contributed by atoms with Crippen LogP contribution in [0, 0.1) is 13.8 Å². The van der Waals surface area contributed by atoms with Crippen LogP contribution in [0.15, 0.2) is 73.1 Å². The summed E-state index contributed by atoms with van der Waals surface area (Å²) in [5.41, 5.74) is 15.3. The molecule has 7 rings (SSSR count). The highest BCUT2D eigenvalue weighted by molar-refractivity contribution is 7.72. The van der Waals surface area contributed by atoms with E-state index in [4.69, 9.17) is 30.9 Å². The molecule has 82 heavy (non-hydrogen) atoms. The topological polar surface area (TPSA) is 428 Å². The molecule has 13 N–H and O–H groups in total. The Morgan fingerprint density at radius 3 is 1.67 bits per heavy atom. The summed E-state index contributed by atoms with van der Waals surface area (Å²) in [4.78, 5) is 113. The number of fused-ring (bicyclic) bond motifs is 2. The van der Waals surface area contributed by atoms with Gasteiger partial charge in [0.25, 0.3) is 16.9 Å². The largest absolute Gasteiger partial charge is 0.491 e. The average molecular weight is 1180 g/mol. The fourth-order valence-electron chi connectivity index (χ4n) is 8.64. The molecule has 0 radical (unpaired) electrons. The summed E-state index contributed by atoms with van der Waals surface area (Å²) in [6.45, 7) is 7.97. The number of nitrogens with one attached hydrogen (secondary N) is 4. The lowest BCUT2D eigenvalue weighted by atomic mass is 10.1. The van der Waals surface area contributed by atoms with Crippen LogP contribution in [0.2, 0.25) is 0 Å². The average Bonchev–Trinajstić information content (AvgIpc) is 4.45. The number of rotatable bonds is 29. The Bertz CT molecular complexity index is 3670. The SMILES string of the molecule is CCn1nc(C)cc1C(=O)Nc1nc2cc(C(N)=O)cc(OC/C=C/Cn3cc(NC)cn3)c2n1C/C=C/Cn1c(NC(=O)c2cc(C)nn2CC)nc2cc(C(N)=O)cc(OCCCC(=O)NCCCC(O)(P(=O)(O)O)P(=O)(O)O)c21. The number of anilines is 3. The van der Waals surface area contributed by atoms with Gasteiger partial charge in [-0.1, -0.05) is 18.2 Å². The van der Waals surface area contributed by atoms with Gasteiger partial charge in [0.1, 0.15) is 40.5 Å². The summed E-state index contributed by atoms with van der Waals surface area (Å²) in [7, 11) is -9.57. The van der Waals surface area contributed by atoms with E-state index in [0.29, 0.717) is 42.1 Å². The highest BCUT2D eigenvalue weighted by Crippen LogP contribution is 2.69. The van der Waals surface area contributed by atoms with Crippen molar-refractivity contribution in [3.8, 4) is 11.5 Å². The Kier molecular flexibility index (Phi) is 19.3. The van der Waals surface area contributed by atoms with Crippen LogP contribution in [0.1, 0.15) is 92.6 Å². The molecule has 0 aliphatic rings. The van der Waals surface area contributed by atoms with Gasteiger partial charge in [-0.2, -0.15) is 15.3 Å². The summed E-state index contributed by atoms with van der Waals surface area (Å²) in [6.07, 6.45) is 9.10. The zero-order valence-corrected chi connectivity index (χ0v) is 47.1. The van der Waals surface area contributed by atoms with Crippen molar-refractivity contribution in [3.05, 3.63) is 107 Å². The molecule has 438 valence electrons. The van der Waals surface area contributed by atoms with Crippen molar-refractivity contribution in [2.24, 2.45) is 11.5 Å². The fourth-order valence-corrected chi connectivity index (χ4v) is 10.9. The molecule has 5 heterocycles. The molecular weight excluding hydrogens is 1110 g/mol. The van der Waals surface area contributed by atoms with Crippen LogP contribution in [0.4, 0.5) is 17.6 Å². The number of hydrogen-bond acceptors (Lipinski definition) is 16. The maximum absolute atomic E-state index is 14.0. The molecule has 0 unspecified atom stereocenters. The number of hydrogen-bond donors (Lipinski definition) is 11. The van der Waals surface area contributed by atoms with Gasteiger partial charge in [-0.3, -0.25) is 57.8 Å². The highest BCUT2D eigenvalue weighted by Gasteiger charge is 2.58. The fraction of sp³-hybridized carbons (Fsp3) is 0.360. The van der Waals surface area contributed by atoms with E-state index in [1.54, 1.807) is 76.0 Å². The second-order valence-corrected chi connectivity index (χ2v) is 22.6. The number of nitrogens with zero attached hydrogens (tertiary/aromatic N) is 10. The van der Waals surface area contributed by atoms with Crippen molar-refractivity contribution in [1.82, 2.24) is 53.8 Å². The first-order chi connectivity index (χ1) is 38.9. The number of nitrogens with two attached hydrogens (primary N) is 2. The number of carbonyl (C=O) groups is 5. The number of allylic oxidation sites excluding steroid dienone is 3. The van der Waals surface area contributed by atoms with E-state index in [9.17, 15) is 57.8 Å². The van der Waals surface area contributed by atoms with Crippen molar-refractivity contribution >= 4 is 84.4 Å². The Labute approximate surface area is 467 Å². The molecular formula is C50H64N16O14P2. The van der Waals surface area contributed by atoms with Crippen LogP contribution in [0.3, 0.4) is 0 Å². The number of ether oxygens (including phenoxy) is 2. The smallest absolute Gasteiger partial charge is 0.369 e. The van der Waals surface area contributed by atoms with Crippen molar-refractivity contribution in [3.63, 3.8) is 0 Å². The number of carbonyl (C=O) groups excluding carboxylic acids is 5. The quantitative estimate of drug-likeness (QED) is 0.0182. The monoisotopic (exact) mass is 1170 g/mol. The predicted molar refractivity (Wildman–Crippen MR) is 299 cm³/mol. The number of benzene rings is 2. The van der Waals surface area contributed by atoms with Gasteiger partial charge >= 0.3 is 15.2 Å². The van der Waals surface area contributed by atoms with Crippen LogP contribution < -0.4 is 42.2 Å². The van der Waals surface area contributed by atoms with Crippen molar-refractivity contribution in [2.45, 2.75) is 91.2 Å². The second-order valence-electron chi connectivity index (χ2n) is 18.6. The zero-order valence-electron chi connectivity index (χ0n) is 45.3. The van der Waals surface area contributed by atoms with Gasteiger partial charge in [-0.05, 0) is 83.0 Å². The molecule has 32 heteroatoms. The van der Waals surface area contributed by atoms with E-state index < -0.39 is 62.7 Å². The molecule has 0 saturated heterocycles. The Balaban J connectivity index is 1.20. The summed E-state index contributed by atoms with van der Waals surface area (Å²) in [5, 5.41) is 30.9. The summed E-state index contributed by atoms with van der Waals surface area (Å²) >= 11 is 0. The minimum atomic E-state index is -5.68.